The lowest BCUT2D eigenvalue weighted by Gasteiger charge is -2.19. The molecule has 0 aliphatic rings. The Morgan fingerprint density at radius 2 is 0.732 bits per heavy atom. The molecule has 0 bridgehead atoms. The molecule has 0 spiro atoms. The molecule has 0 aromatic carbocycles. The lowest BCUT2D eigenvalue weighted by Crippen LogP contribution is -2.29. The van der Waals surface area contributed by atoms with Crippen LogP contribution in [0.15, 0.2) is 146 Å². The van der Waals surface area contributed by atoms with E-state index in [0.29, 0.717) is 12.8 Å². The van der Waals surface area contributed by atoms with E-state index in [4.69, 9.17) is 24.3 Å². The average molecular weight is 1000 g/mol. The van der Waals surface area contributed by atoms with E-state index < -0.39 is 32.5 Å². The van der Waals surface area contributed by atoms with E-state index in [0.717, 1.165) is 135 Å². The van der Waals surface area contributed by atoms with E-state index >= 15 is 0 Å². The normalized spacial score (nSPS) is 14.3. The number of unbranched alkanes of at least 4 members (excludes halogenated alkanes) is 12. The first-order valence-electron chi connectivity index (χ1n) is 27.3. The highest BCUT2D eigenvalue weighted by molar-refractivity contribution is 7.47. The van der Waals surface area contributed by atoms with Gasteiger partial charge < -0.3 is 20.1 Å². The van der Waals surface area contributed by atoms with Crippen LogP contribution in [0.5, 0.6) is 0 Å². The molecule has 0 rings (SSSR count). The molecule has 2 atom stereocenters. The minimum Gasteiger partial charge on any atom is -0.462 e. The van der Waals surface area contributed by atoms with Gasteiger partial charge in [-0.05, 0) is 116 Å². The topological polar surface area (TPSA) is 134 Å². The van der Waals surface area contributed by atoms with Crippen molar-refractivity contribution in [2.45, 2.75) is 200 Å². The van der Waals surface area contributed by atoms with Crippen molar-refractivity contribution in [1.82, 2.24) is 0 Å². The monoisotopic (exact) mass is 1000 g/mol. The molecule has 0 amide bonds. The lowest BCUT2D eigenvalue weighted by atomic mass is 10.1. The van der Waals surface area contributed by atoms with Gasteiger partial charge in [0.15, 0.2) is 6.10 Å². The molecule has 0 saturated heterocycles. The van der Waals surface area contributed by atoms with Gasteiger partial charge in [0, 0.05) is 19.4 Å². The van der Waals surface area contributed by atoms with Crippen LogP contribution in [0.2, 0.25) is 0 Å². The van der Waals surface area contributed by atoms with E-state index in [1.54, 1.807) is 0 Å². The molecule has 0 radical (unpaired) electrons. The van der Waals surface area contributed by atoms with E-state index in [2.05, 4.69) is 160 Å². The number of hydrogen-bond acceptors (Lipinski definition) is 8. The Balaban J connectivity index is 4.12. The summed E-state index contributed by atoms with van der Waals surface area (Å²) in [4.78, 5) is 35.1. The Morgan fingerprint density at radius 3 is 1.08 bits per heavy atom. The molecule has 0 fully saturated rings. The Labute approximate surface area is 433 Å². The second-order valence-electron chi connectivity index (χ2n) is 17.3. The van der Waals surface area contributed by atoms with Crippen molar-refractivity contribution in [1.29, 1.82) is 0 Å². The number of allylic oxidation sites excluding steroid dienone is 24. The fraction of sp³-hybridized carbons (Fsp3) is 0.574. The lowest BCUT2D eigenvalue weighted by molar-refractivity contribution is -0.161. The summed E-state index contributed by atoms with van der Waals surface area (Å²) < 4.78 is 32.9. The summed E-state index contributed by atoms with van der Waals surface area (Å²) in [6.45, 7) is 3.45. The van der Waals surface area contributed by atoms with Crippen molar-refractivity contribution in [2.24, 2.45) is 5.73 Å². The second kappa shape index (κ2) is 55.2. The van der Waals surface area contributed by atoms with Gasteiger partial charge >= 0.3 is 19.8 Å². The van der Waals surface area contributed by atoms with Gasteiger partial charge in [-0.3, -0.25) is 18.6 Å². The van der Waals surface area contributed by atoms with Crippen LogP contribution in [-0.4, -0.2) is 49.3 Å². The zero-order valence-corrected chi connectivity index (χ0v) is 45.3. The highest BCUT2D eigenvalue weighted by Gasteiger charge is 2.26. The van der Waals surface area contributed by atoms with Crippen LogP contribution in [0.25, 0.3) is 0 Å². The van der Waals surface area contributed by atoms with Gasteiger partial charge in [0.1, 0.15) is 6.61 Å². The number of phosphoric acid groups is 1. The fourth-order valence-corrected chi connectivity index (χ4v) is 7.52. The number of ether oxygens (including phenoxy) is 2. The second-order valence-corrected chi connectivity index (χ2v) is 18.8. The molecular weight excluding hydrogens is 906 g/mol. The van der Waals surface area contributed by atoms with Crippen molar-refractivity contribution in [3.05, 3.63) is 146 Å². The van der Waals surface area contributed by atoms with Crippen LogP contribution in [0.3, 0.4) is 0 Å². The maximum Gasteiger partial charge on any atom is 0.472 e. The van der Waals surface area contributed by atoms with Gasteiger partial charge in [-0.25, -0.2) is 4.57 Å². The van der Waals surface area contributed by atoms with Crippen molar-refractivity contribution < 1.29 is 37.6 Å². The molecule has 10 heteroatoms. The number of esters is 2. The molecule has 0 aromatic rings. The van der Waals surface area contributed by atoms with Gasteiger partial charge in [0.2, 0.25) is 0 Å². The van der Waals surface area contributed by atoms with Crippen LogP contribution in [0.4, 0.5) is 0 Å². The maximum absolute atomic E-state index is 12.7. The summed E-state index contributed by atoms with van der Waals surface area (Å²) in [7, 11) is -4.40. The molecule has 9 nitrogen and oxygen atoms in total. The molecule has 3 N–H and O–H groups in total. The highest BCUT2D eigenvalue weighted by Crippen LogP contribution is 2.43. The SMILES string of the molecule is CC/C=C\C/C=C\C/C=C\C/C=C\C/C=C\C/C=C\C/C=C\C/C=C\C/C=C\CCCCCCCC(=O)OC(COC(=O)CCCCCCCCC/C=C\C/C=C\C/C=C\CC)COP(=O)(O)OCCN. The Morgan fingerprint density at radius 1 is 0.423 bits per heavy atom. The number of rotatable bonds is 49. The predicted octanol–water partition coefficient (Wildman–Crippen LogP) is 17.2. The molecule has 71 heavy (non-hydrogen) atoms. The summed E-state index contributed by atoms with van der Waals surface area (Å²) in [5, 5.41) is 0. The van der Waals surface area contributed by atoms with E-state index in [9.17, 15) is 19.0 Å². The zero-order chi connectivity index (χ0) is 51.7. The minimum absolute atomic E-state index is 0.0399. The van der Waals surface area contributed by atoms with Gasteiger partial charge in [-0.1, -0.05) is 211 Å². The van der Waals surface area contributed by atoms with E-state index in [1.807, 2.05) is 0 Å². The number of carbonyl (C=O) groups is 2. The number of hydrogen-bond donors (Lipinski definition) is 2. The van der Waals surface area contributed by atoms with Crippen molar-refractivity contribution in [2.75, 3.05) is 26.4 Å². The molecule has 0 aliphatic carbocycles. The summed E-state index contributed by atoms with van der Waals surface area (Å²) >= 11 is 0. The van der Waals surface area contributed by atoms with Crippen molar-refractivity contribution >= 4 is 19.8 Å². The van der Waals surface area contributed by atoms with E-state index in [-0.39, 0.29) is 32.6 Å². The predicted molar refractivity (Wildman–Crippen MR) is 302 cm³/mol. The Kier molecular flexibility index (Phi) is 52.0. The third-order valence-corrected chi connectivity index (χ3v) is 11.7. The van der Waals surface area contributed by atoms with Crippen LogP contribution >= 0.6 is 7.82 Å². The number of nitrogens with two attached hydrogens (primary N) is 1. The molecule has 0 heterocycles. The molecule has 400 valence electrons. The molecule has 2 unspecified atom stereocenters. The van der Waals surface area contributed by atoms with Crippen molar-refractivity contribution in [3.63, 3.8) is 0 Å². The van der Waals surface area contributed by atoms with Gasteiger partial charge in [0.25, 0.3) is 0 Å². The third kappa shape index (κ3) is 55.1. The Bertz CT molecular complexity index is 1660. The first kappa shape index (κ1) is 66.9. The Hall–Kier alpha value is -4.11. The summed E-state index contributed by atoms with van der Waals surface area (Å²) in [5.74, 6) is -0.875. The summed E-state index contributed by atoms with van der Waals surface area (Å²) in [6.07, 6.45) is 78.9. The molecule has 0 aromatic heterocycles. The van der Waals surface area contributed by atoms with Crippen LogP contribution < -0.4 is 5.73 Å². The molecule has 0 saturated carbocycles. The quantitative estimate of drug-likeness (QED) is 0.0264. The third-order valence-electron chi connectivity index (χ3n) is 10.7. The zero-order valence-electron chi connectivity index (χ0n) is 44.4. The van der Waals surface area contributed by atoms with Crippen LogP contribution in [0.1, 0.15) is 194 Å². The highest BCUT2D eigenvalue weighted by atomic mass is 31.2. The fourth-order valence-electron chi connectivity index (χ4n) is 6.76. The van der Waals surface area contributed by atoms with Crippen LogP contribution in [-0.2, 0) is 32.7 Å². The first-order valence-corrected chi connectivity index (χ1v) is 28.8. The average Bonchev–Trinajstić information content (AvgIpc) is 3.36. The minimum atomic E-state index is -4.40. The maximum atomic E-state index is 12.7. The molecule has 0 aliphatic heterocycles. The van der Waals surface area contributed by atoms with Gasteiger partial charge in [-0.2, -0.15) is 0 Å². The van der Waals surface area contributed by atoms with E-state index in [1.165, 1.54) is 19.3 Å². The molecular formula is C61H98NO8P. The standard InChI is InChI=1S/C61H98NO8P/c1-3-5-7-9-11-13-15-17-19-21-22-23-24-25-26-27-28-29-30-31-32-33-34-35-36-38-40-42-44-46-48-50-52-54-61(64)70-59(58-69-71(65,66)68-56-55-62)57-67-60(63)53-51-49-47-45-43-41-39-37-20-18-16-14-12-10-8-6-4-2/h5-8,11-14,17-20,22-23,25-26,28-29,31-32,34-35,38,40,59H,3-4,9-10,15-16,21,24,27,30,33,36-37,39,41-58,62H2,1-2H3,(H,65,66)/b7-5-,8-6-,13-11-,14-12-,19-17-,20-18-,23-22-,26-25-,29-28-,32-31-,35-34-,40-38-. The largest absolute Gasteiger partial charge is 0.472 e. The van der Waals surface area contributed by atoms with Gasteiger partial charge in [0.05, 0.1) is 13.2 Å². The van der Waals surface area contributed by atoms with Gasteiger partial charge in [-0.15, -0.1) is 0 Å². The van der Waals surface area contributed by atoms with Crippen LogP contribution in [0, 0.1) is 0 Å². The number of phosphoric ester groups is 1. The smallest absolute Gasteiger partial charge is 0.462 e. The number of carbonyl (C=O) groups excluding carboxylic acids is 2. The summed E-state index contributed by atoms with van der Waals surface area (Å²) in [5.41, 5.74) is 5.37. The summed E-state index contributed by atoms with van der Waals surface area (Å²) in [6, 6.07) is 0. The van der Waals surface area contributed by atoms with Crippen molar-refractivity contribution in [3.8, 4) is 0 Å². The first-order chi connectivity index (χ1) is 34.8.